The van der Waals surface area contributed by atoms with Crippen LogP contribution in [0.25, 0.3) is 22.1 Å². The standard InChI is InChI=1S/C19H24N2O4.C17H20N2O3/c1-14-12-16-15(20-13-14)2-3-17(22)21(16)9-8-18(23)4-6-19(7-5-18)24-10-11-25-19;1-12-10-15-14(18-11-12)2-3-16(21)19(15)9-8-17(22)6-4-13(20)5-7-17/h2-3,12-13,23H,4-11H2,1H3;2-3,10-11,22H,4-9H2,1H3. The Balaban J connectivity index is 0.000000166. The minimum absolute atomic E-state index is 0.0572. The Morgan fingerprint density at radius 1 is 0.681 bits per heavy atom. The molecule has 11 heteroatoms. The van der Waals surface area contributed by atoms with Crippen LogP contribution >= 0.6 is 0 Å². The lowest BCUT2D eigenvalue weighted by atomic mass is 9.79. The van der Waals surface area contributed by atoms with E-state index in [1.54, 1.807) is 39.7 Å². The van der Waals surface area contributed by atoms with Crippen LogP contribution in [0, 0.1) is 13.8 Å². The number of aromatic nitrogens is 4. The molecule has 11 nitrogen and oxygen atoms in total. The molecule has 2 aliphatic carbocycles. The van der Waals surface area contributed by atoms with Gasteiger partial charge in [-0.25, -0.2) is 0 Å². The molecule has 0 atom stereocenters. The van der Waals surface area contributed by atoms with Crippen LogP contribution in [0.5, 0.6) is 0 Å². The van der Waals surface area contributed by atoms with Crippen LogP contribution < -0.4 is 11.1 Å². The van der Waals surface area contributed by atoms with Crippen LogP contribution in [-0.2, 0) is 27.4 Å². The number of pyridine rings is 4. The predicted octanol–water partition coefficient (Wildman–Crippen LogP) is 4.11. The van der Waals surface area contributed by atoms with E-state index in [0.29, 0.717) is 90.5 Å². The fourth-order valence-electron chi connectivity index (χ4n) is 7.01. The smallest absolute Gasteiger partial charge is 0.251 e. The van der Waals surface area contributed by atoms with Crippen LogP contribution in [-0.4, -0.2) is 65.3 Å². The highest BCUT2D eigenvalue weighted by Gasteiger charge is 2.45. The third-order valence-corrected chi connectivity index (χ3v) is 10.0. The van der Waals surface area contributed by atoms with Gasteiger partial charge in [0.2, 0.25) is 0 Å². The second kappa shape index (κ2) is 13.4. The van der Waals surface area contributed by atoms with Crippen LogP contribution in [0.15, 0.2) is 58.4 Å². The van der Waals surface area contributed by atoms with E-state index in [-0.39, 0.29) is 16.9 Å². The zero-order chi connectivity index (χ0) is 33.2. The summed E-state index contributed by atoms with van der Waals surface area (Å²) < 4.78 is 14.9. The average Bonchev–Trinajstić information content (AvgIpc) is 3.52. The molecule has 0 amide bonds. The first kappa shape index (κ1) is 33.1. The Morgan fingerprint density at radius 2 is 1.13 bits per heavy atom. The highest BCUT2D eigenvalue weighted by atomic mass is 16.7. The van der Waals surface area contributed by atoms with Crippen LogP contribution in [0.2, 0.25) is 0 Å². The molecule has 0 radical (unpaired) electrons. The van der Waals surface area contributed by atoms with Gasteiger partial charge in [0, 0.05) is 63.3 Å². The summed E-state index contributed by atoms with van der Waals surface area (Å²) in [6.07, 6.45) is 9.10. The second-order valence-corrected chi connectivity index (χ2v) is 13.6. The molecule has 1 saturated heterocycles. The maximum atomic E-state index is 12.3. The molecule has 3 aliphatic rings. The van der Waals surface area contributed by atoms with Gasteiger partial charge >= 0.3 is 0 Å². The van der Waals surface area contributed by atoms with Gasteiger partial charge in [0.15, 0.2) is 5.79 Å². The molecule has 3 fully saturated rings. The van der Waals surface area contributed by atoms with Crippen LogP contribution in [0.4, 0.5) is 0 Å². The second-order valence-electron chi connectivity index (χ2n) is 13.6. The first-order valence-electron chi connectivity index (χ1n) is 16.6. The van der Waals surface area contributed by atoms with Crippen molar-refractivity contribution in [3.8, 4) is 0 Å². The molecular formula is C36H44N4O7. The Kier molecular flexibility index (Phi) is 9.44. The van der Waals surface area contributed by atoms with E-state index in [9.17, 15) is 24.6 Å². The van der Waals surface area contributed by atoms with E-state index < -0.39 is 17.0 Å². The minimum Gasteiger partial charge on any atom is -0.390 e. The van der Waals surface area contributed by atoms with Gasteiger partial charge in [-0.3, -0.25) is 24.4 Å². The summed E-state index contributed by atoms with van der Waals surface area (Å²) in [7, 11) is 0. The number of hydrogen-bond acceptors (Lipinski definition) is 9. The molecule has 0 bridgehead atoms. The van der Waals surface area contributed by atoms with Gasteiger partial charge in [0.25, 0.3) is 11.1 Å². The summed E-state index contributed by atoms with van der Waals surface area (Å²) in [5, 5.41) is 21.5. The zero-order valence-electron chi connectivity index (χ0n) is 27.2. The van der Waals surface area contributed by atoms with E-state index in [1.165, 1.54) is 6.07 Å². The van der Waals surface area contributed by atoms with E-state index in [4.69, 9.17) is 9.47 Å². The van der Waals surface area contributed by atoms with Gasteiger partial charge in [-0.05, 0) is 87.8 Å². The Hall–Kier alpha value is -3.77. The number of aryl methyl sites for hydroxylation is 4. The highest BCUT2D eigenvalue weighted by molar-refractivity contribution is 5.79. The van der Waals surface area contributed by atoms with Gasteiger partial charge < -0.3 is 28.8 Å². The molecule has 4 aromatic heterocycles. The van der Waals surface area contributed by atoms with Crippen molar-refractivity contribution in [1.29, 1.82) is 0 Å². The summed E-state index contributed by atoms with van der Waals surface area (Å²) in [4.78, 5) is 44.6. The molecule has 250 valence electrons. The van der Waals surface area contributed by atoms with Gasteiger partial charge in [-0.15, -0.1) is 0 Å². The largest absolute Gasteiger partial charge is 0.390 e. The van der Waals surface area contributed by atoms with Crippen molar-refractivity contribution >= 4 is 27.9 Å². The number of fused-ring (bicyclic) bond motifs is 2. The lowest BCUT2D eigenvalue weighted by Gasteiger charge is -2.40. The monoisotopic (exact) mass is 644 g/mol. The molecule has 7 rings (SSSR count). The summed E-state index contributed by atoms with van der Waals surface area (Å²) in [6.45, 7) is 6.09. The molecule has 4 aromatic rings. The van der Waals surface area contributed by atoms with Gasteiger partial charge in [0.05, 0.1) is 46.5 Å². The minimum atomic E-state index is -0.841. The molecule has 5 heterocycles. The number of hydrogen-bond donors (Lipinski definition) is 2. The number of nitrogens with zero attached hydrogens (tertiary/aromatic N) is 4. The molecule has 47 heavy (non-hydrogen) atoms. The van der Waals surface area contributed by atoms with E-state index in [2.05, 4.69) is 9.97 Å². The lowest BCUT2D eigenvalue weighted by Crippen LogP contribution is -2.44. The quantitative estimate of drug-likeness (QED) is 0.317. The van der Waals surface area contributed by atoms with Crippen molar-refractivity contribution in [3.05, 3.63) is 80.6 Å². The third kappa shape index (κ3) is 7.54. The van der Waals surface area contributed by atoms with Crippen LogP contribution in [0.1, 0.15) is 75.3 Å². The molecule has 0 unspecified atom stereocenters. The fourth-order valence-corrected chi connectivity index (χ4v) is 7.01. The molecular weight excluding hydrogens is 600 g/mol. The van der Waals surface area contributed by atoms with Gasteiger partial charge in [-0.1, -0.05) is 0 Å². The molecule has 2 N–H and O–H groups in total. The number of ketones is 1. The third-order valence-electron chi connectivity index (χ3n) is 10.0. The summed E-state index contributed by atoms with van der Waals surface area (Å²) in [5.74, 6) is -0.268. The van der Waals surface area contributed by atoms with Crippen molar-refractivity contribution in [2.45, 2.75) is 108 Å². The van der Waals surface area contributed by atoms with E-state index in [1.807, 2.05) is 26.0 Å². The van der Waals surface area contributed by atoms with E-state index >= 15 is 0 Å². The average molecular weight is 645 g/mol. The van der Waals surface area contributed by atoms with Gasteiger partial charge in [-0.2, -0.15) is 0 Å². The molecule has 0 aromatic carbocycles. The number of carbonyl (C=O) groups is 1. The number of ether oxygens (including phenoxy) is 2. The van der Waals surface area contributed by atoms with Crippen molar-refractivity contribution in [2.75, 3.05) is 13.2 Å². The van der Waals surface area contributed by atoms with Crippen molar-refractivity contribution in [1.82, 2.24) is 19.1 Å². The molecule has 1 spiro atoms. The zero-order valence-corrected chi connectivity index (χ0v) is 27.2. The number of rotatable bonds is 6. The number of aliphatic hydroxyl groups is 2. The highest BCUT2D eigenvalue weighted by Crippen LogP contribution is 2.41. The number of carbonyl (C=O) groups excluding carboxylic acids is 1. The first-order chi connectivity index (χ1) is 22.5. The maximum absolute atomic E-state index is 12.3. The Bertz CT molecular complexity index is 1870. The van der Waals surface area contributed by atoms with Crippen LogP contribution in [0.3, 0.4) is 0 Å². The van der Waals surface area contributed by atoms with E-state index in [0.717, 1.165) is 33.2 Å². The molecule has 1 aliphatic heterocycles. The molecule has 2 saturated carbocycles. The van der Waals surface area contributed by atoms with Gasteiger partial charge in [0.1, 0.15) is 5.78 Å². The normalized spacial score (nSPS) is 20.0. The van der Waals surface area contributed by atoms with Crippen molar-refractivity contribution in [2.24, 2.45) is 0 Å². The maximum Gasteiger partial charge on any atom is 0.251 e. The predicted molar refractivity (Wildman–Crippen MR) is 177 cm³/mol. The topological polar surface area (TPSA) is 146 Å². The first-order valence-corrected chi connectivity index (χ1v) is 16.6. The Morgan fingerprint density at radius 3 is 1.60 bits per heavy atom. The van der Waals surface area contributed by atoms with Crippen molar-refractivity contribution < 1.29 is 24.5 Å². The fraction of sp³-hybridized carbons (Fsp3) is 0.528. The lowest BCUT2D eigenvalue weighted by molar-refractivity contribution is -0.203. The summed E-state index contributed by atoms with van der Waals surface area (Å²) in [6, 6.07) is 10.5. The van der Waals surface area contributed by atoms with Crippen molar-refractivity contribution in [3.63, 3.8) is 0 Å². The number of Topliss-reactive ketones (excluding diaryl/α,β-unsaturated/α-hetero) is 1. The summed E-state index contributed by atoms with van der Waals surface area (Å²) in [5.41, 5.74) is 3.44. The SMILES string of the molecule is Cc1cnc2ccc(=O)n(CCC3(O)CCC(=O)CC3)c2c1.Cc1cnc2ccc(=O)n(CCC3(O)CCC4(CC3)OCCO4)c2c1. The Labute approximate surface area is 273 Å². The summed E-state index contributed by atoms with van der Waals surface area (Å²) >= 11 is 0.